The fourth-order valence-corrected chi connectivity index (χ4v) is 3.78. The summed E-state index contributed by atoms with van der Waals surface area (Å²) in [5.41, 5.74) is 4.44. The fraction of sp³-hybridized carbons (Fsp3) is 0.458. The van der Waals surface area contributed by atoms with Crippen LogP contribution in [0.3, 0.4) is 0 Å². The maximum absolute atomic E-state index is 8.91. The molecule has 0 saturated carbocycles. The van der Waals surface area contributed by atoms with Crippen molar-refractivity contribution in [1.29, 1.82) is 5.26 Å². The SMILES string of the molecule is CCCCCCC1CCC(c2ccc(-c3ccc(C#N)cc3)cc2)CO1. The first-order chi connectivity index (χ1) is 12.8. The molecule has 2 nitrogen and oxygen atoms in total. The summed E-state index contributed by atoms with van der Waals surface area (Å²) < 4.78 is 6.13. The van der Waals surface area contributed by atoms with Gasteiger partial charge >= 0.3 is 0 Å². The largest absolute Gasteiger partial charge is 0.378 e. The number of nitrogens with zero attached hydrogens (tertiary/aromatic N) is 1. The molecular weight excluding hydrogens is 318 g/mol. The molecule has 0 amide bonds. The lowest BCUT2D eigenvalue weighted by Crippen LogP contribution is -2.24. The summed E-state index contributed by atoms with van der Waals surface area (Å²) >= 11 is 0. The number of hydrogen-bond acceptors (Lipinski definition) is 2. The number of unbranched alkanes of at least 4 members (excludes halogenated alkanes) is 3. The van der Waals surface area contributed by atoms with E-state index in [0.29, 0.717) is 17.6 Å². The minimum Gasteiger partial charge on any atom is -0.378 e. The van der Waals surface area contributed by atoms with Gasteiger partial charge in [0.1, 0.15) is 0 Å². The molecule has 136 valence electrons. The number of ether oxygens (including phenoxy) is 1. The van der Waals surface area contributed by atoms with Crippen LogP contribution in [0, 0.1) is 11.3 Å². The van der Waals surface area contributed by atoms with Crippen molar-refractivity contribution in [3.05, 3.63) is 59.7 Å². The third-order valence-electron chi connectivity index (χ3n) is 5.48. The van der Waals surface area contributed by atoms with E-state index >= 15 is 0 Å². The van der Waals surface area contributed by atoms with Gasteiger partial charge in [0, 0.05) is 5.92 Å². The summed E-state index contributed by atoms with van der Waals surface area (Å²) in [4.78, 5) is 0. The van der Waals surface area contributed by atoms with E-state index in [9.17, 15) is 0 Å². The molecule has 0 bridgehead atoms. The molecule has 3 rings (SSSR count). The standard InChI is InChI=1S/C24H29NO/c1-2-3-4-5-6-24-16-15-23(18-26-24)22-13-11-21(12-14-22)20-9-7-19(17-25)8-10-20/h7-14,23-24H,2-6,15-16,18H2,1H3. The first kappa shape index (κ1) is 18.7. The molecule has 0 aromatic heterocycles. The lowest BCUT2D eigenvalue weighted by atomic mass is 9.89. The molecule has 0 spiro atoms. The molecule has 2 unspecified atom stereocenters. The van der Waals surface area contributed by atoms with E-state index in [-0.39, 0.29) is 0 Å². The Morgan fingerprint density at radius 1 is 0.923 bits per heavy atom. The van der Waals surface area contributed by atoms with Crippen LogP contribution in [-0.2, 0) is 4.74 Å². The lowest BCUT2D eigenvalue weighted by Gasteiger charge is -2.29. The van der Waals surface area contributed by atoms with Crippen LogP contribution in [-0.4, -0.2) is 12.7 Å². The third kappa shape index (κ3) is 4.96. The van der Waals surface area contributed by atoms with Crippen molar-refractivity contribution in [3.63, 3.8) is 0 Å². The molecule has 0 N–H and O–H groups in total. The van der Waals surface area contributed by atoms with Crippen LogP contribution in [0.1, 0.15) is 68.9 Å². The Morgan fingerprint density at radius 2 is 1.62 bits per heavy atom. The molecular formula is C24H29NO. The van der Waals surface area contributed by atoms with Crippen molar-refractivity contribution < 1.29 is 4.74 Å². The van der Waals surface area contributed by atoms with Crippen molar-refractivity contribution in [2.75, 3.05) is 6.61 Å². The van der Waals surface area contributed by atoms with E-state index in [1.807, 2.05) is 24.3 Å². The number of nitriles is 1. The van der Waals surface area contributed by atoms with E-state index in [0.717, 1.165) is 12.2 Å². The van der Waals surface area contributed by atoms with Gasteiger partial charge < -0.3 is 4.74 Å². The van der Waals surface area contributed by atoms with E-state index in [4.69, 9.17) is 10.00 Å². The van der Waals surface area contributed by atoms with Crippen LogP contribution in [0.5, 0.6) is 0 Å². The van der Waals surface area contributed by atoms with Crippen LogP contribution in [0.15, 0.2) is 48.5 Å². The fourth-order valence-electron chi connectivity index (χ4n) is 3.78. The van der Waals surface area contributed by atoms with Gasteiger partial charge in [-0.15, -0.1) is 0 Å². The summed E-state index contributed by atoms with van der Waals surface area (Å²) in [7, 11) is 0. The van der Waals surface area contributed by atoms with Gasteiger partial charge in [0.05, 0.1) is 24.3 Å². The Labute approximate surface area is 157 Å². The number of benzene rings is 2. The molecule has 2 aromatic rings. The van der Waals surface area contributed by atoms with E-state index in [1.165, 1.54) is 56.1 Å². The van der Waals surface area contributed by atoms with Gasteiger partial charge in [-0.25, -0.2) is 0 Å². The maximum atomic E-state index is 8.91. The Kier molecular flexibility index (Phi) is 6.86. The van der Waals surface area contributed by atoms with Gasteiger partial charge in [-0.05, 0) is 48.1 Å². The van der Waals surface area contributed by atoms with Crippen molar-refractivity contribution in [2.24, 2.45) is 0 Å². The predicted octanol–water partition coefficient (Wildman–Crippen LogP) is 6.46. The van der Waals surface area contributed by atoms with Gasteiger partial charge in [-0.1, -0.05) is 69.0 Å². The zero-order valence-corrected chi connectivity index (χ0v) is 15.8. The van der Waals surface area contributed by atoms with Crippen molar-refractivity contribution >= 4 is 0 Å². The van der Waals surface area contributed by atoms with Crippen LogP contribution in [0.2, 0.25) is 0 Å². The minimum absolute atomic E-state index is 0.473. The average Bonchev–Trinajstić information content (AvgIpc) is 2.72. The van der Waals surface area contributed by atoms with Crippen LogP contribution in [0.4, 0.5) is 0 Å². The highest BCUT2D eigenvalue weighted by molar-refractivity contribution is 5.64. The Hall–Kier alpha value is -2.11. The second-order valence-corrected chi connectivity index (χ2v) is 7.39. The average molecular weight is 348 g/mol. The Bertz CT molecular complexity index is 703. The minimum atomic E-state index is 0.473. The van der Waals surface area contributed by atoms with Crippen molar-refractivity contribution in [3.8, 4) is 17.2 Å². The topological polar surface area (TPSA) is 33.0 Å². The van der Waals surface area contributed by atoms with E-state index in [2.05, 4.69) is 37.3 Å². The molecule has 1 heterocycles. The molecule has 0 aliphatic carbocycles. The first-order valence-electron chi connectivity index (χ1n) is 10.0. The highest BCUT2D eigenvalue weighted by atomic mass is 16.5. The molecule has 26 heavy (non-hydrogen) atoms. The molecule has 0 radical (unpaired) electrons. The predicted molar refractivity (Wildman–Crippen MR) is 107 cm³/mol. The van der Waals surface area contributed by atoms with Crippen molar-refractivity contribution in [1.82, 2.24) is 0 Å². The zero-order chi connectivity index (χ0) is 18.2. The van der Waals surface area contributed by atoms with Gasteiger partial charge in [0.2, 0.25) is 0 Å². The number of rotatable bonds is 7. The van der Waals surface area contributed by atoms with Gasteiger partial charge in [-0.2, -0.15) is 5.26 Å². The quantitative estimate of drug-likeness (QED) is 0.539. The first-order valence-corrected chi connectivity index (χ1v) is 10.0. The second-order valence-electron chi connectivity index (χ2n) is 7.39. The van der Waals surface area contributed by atoms with E-state index < -0.39 is 0 Å². The molecule has 2 atom stereocenters. The zero-order valence-electron chi connectivity index (χ0n) is 15.8. The second kappa shape index (κ2) is 9.55. The van der Waals surface area contributed by atoms with Gasteiger partial charge in [0.15, 0.2) is 0 Å². The van der Waals surface area contributed by atoms with Gasteiger partial charge in [-0.3, -0.25) is 0 Å². The summed E-state index contributed by atoms with van der Waals surface area (Å²) in [5.74, 6) is 0.525. The summed E-state index contributed by atoms with van der Waals surface area (Å²) in [6.45, 7) is 3.11. The Balaban J connectivity index is 1.52. The Morgan fingerprint density at radius 3 is 2.19 bits per heavy atom. The molecule has 2 heteroatoms. The molecule has 1 saturated heterocycles. The highest BCUT2D eigenvalue weighted by Gasteiger charge is 2.22. The van der Waals surface area contributed by atoms with Gasteiger partial charge in [0.25, 0.3) is 0 Å². The molecule has 1 aliphatic rings. The maximum Gasteiger partial charge on any atom is 0.0991 e. The molecule has 2 aromatic carbocycles. The summed E-state index contributed by atoms with van der Waals surface area (Å²) in [5, 5.41) is 8.91. The number of hydrogen-bond donors (Lipinski definition) is 0. The normalized spacial score (nSPS) is 19.8. The van der Waals surface area contributed by atoms with Crippen LogP contribution < -0.4 is 0 Å². The summed E-state index contributed by atoms with van der Waals surface area (Å²) in [6, 6.07) is 18.8. The molecule has 1 fully saturated rings. The highest BCUT2D eigenvalue weighted by Crippen LogP contribution is 2.31. The molecule has 1 aliphatic heterocycles. The smallest absolute Gasteiger partial charge is 0.0991 e. The third-order valence-corrected chi connectivity index (χ3v) is 5.48. The van der Waals surface area contributed by atoms with Crippen LogP contribution in [0.25, 0.3) is 11.1 Å². The monoisotopic (exact) mass is 347 g/mol. The van der Waals surface area contributed by atoms with E-state index in [1.54, 1.807) is 0 Å². The van der Waals surface area contributed by atoms with Crippen molar-refractivity contribution in [2.45, 2.75) is 63.9 Å². The van der Waals surface area contributed by atoms with Crippen LogP contribution >= 0.6 is 0 Å². The summed E-state index contributed by atoms with van der Waals surface area (Å²) in [6.07, 6.45) is 9.42. The lowest BCUT2D eigenvalue weighted by molar-refractivity contribution is -0.00212.